The topological polar surface area (TPSA) is 51.2 Å². The van der Waals surface area contributed by atoms with Crippen LogP contribution in [0.25, 0.3) is 0 Å². The molecule has 0 spiro atoms. The van der Waals surface area contributed by atoms with Crippen LogP contribution < -0.4 is 10.2 Å². The number of aliphatic imine (C=N–C) groups is 1. The molecule has 1 aromatic heterocycles. The number of anilines is 1. The first-order chi connectivity index (χ1) is 11.5. The van der Waals surface area contributed by atoms with Crippen LogP contribution >= 0.6 is 35.3 Å². The molecule has 1 fully saturated rings. The predicted molar refractivity (Wildman–Crippen MR) is 117 cm³/mol. The van der Waals surface area contributed by atoms with E-state index in [-0.39, 0.29) is 36.4 Å². The number of carbonyl (C=O) groups is 1. The largest absolute Gasteiger partial charge is 0.360 e. The van der Waals surface area contributed by atoms with Gasteiger partial charge in [0.1, 0.15) is 6.54 Å². The number of piperazine rings is 1. The standard InChI is InChI=1S/C17H29N5OS.HI/c1-14(2)12-18-17(19-13-15(23)20(3)4)22-9-7-21(8-10-22)16-6-5-11-24-16;/h5-6,11,14H,7-10,12-13H2,1-4H3,(H,18,19);1H. The van der Waals surface area contributed by atoms with Crippen molar-refractivity contribution in [3.8, 4) is 0 Å². The molecule has 0 saturated carbocycles. The van der Waals surface area contributed by atoms with Crippen LogP contribution in [0.5, 0.6) is 0 Å². The molecule has 1 N–H and O–H groups in total. The molecule has 142 valence electrons. The highest BCUT2D eigenvalue weighted by molar-refractivity contribution is 14.0. The van der Waals surface area contributed by atoms with E-state index in [4.69, 9.17) is 0 Å². The highest BCUT2D eigenvalue weighted by Crippen LogP contribution is 2.22. The first-order valence-corrected chi connectivity index (χ1v) is 9.37. The summed E-state index contributed by atoms with van der Waals surface area (Å²) in [6.07, 6.45) is 0. The van der Waals surface area contributed by atoms with Gasteiger partial charge in [0, 0.05) is 46.8 Å². The fourth-order valence-corrected chi connectivity index (χ4v) is 3.22. The maximum atomic E-state index is 11.8. The van der Waals surface area contributed by atoms with Crippen LogP contribution in [-0.4, -0.2) is 75.0 Å². The zero-order valence-corrected chi connectivity index (χ0v) is 18.7. The van der Waals surface area contributed by atoms with Crippen LogP contribution in [0.2, 0.25) is 0 Å². The molecule has 2 heterocycles. The molecule has 1 aliphatic heterocycles. The molecular formula is C17H30IN5OS. The van der Waals surface area contributed by atoms with Gasteiger partial charge in [-0.05, 0) is 23.4 Å². The first-order valence-electron chi connectivity index (χ1n) is 8.49. The Hall–Kier alpha value is -1.03. The van der Waals surface area contributed by atoms with Gasteiger partial charge in [0.15, 0.2) is 5.96 Å². The quantitative estimate of drug-likeness (QED) is 0.400. The van der Waals surface area contributed by atoms with E-state index < -0.39 is 0 Å². The van der Waals surface area contributed by atoms with Crippen molar-refractivity contribution in [2.24, 2.45) is 10.9 Å². The minimum absolute atomic E-state index is 0. The summed E-state index contributed by atoms with van der Waals surface area (Å²) in [6.45, 7) is 9.18. The Balaban J connectivity index is 0.00000312. The smallest absolute Gasteiger partial charge is 0.243 e. The number of nitrogens with zero attached hydrogens (tertiary/aromatic N) is 4. The van der Waals surface area contributed by atoms with E-state index in [1.807, 2.05) is 0 Å². The van der Waals surface area contributed by atoms with E-state index in [2.05, 4.69) is 51.5 Å². The summed E-state index contributed by atoms with van der Waals surface area (Å²) in [6, 6.07) is 4.26. The Kier molecular flexibility index (Phi) is 9.55. The van der Waals surface area contributed by atoms with Gasteiger partial charge in [-0.3, -0.25) is 4.79 Å². The molecular weight excluding hydrogens is 449 g/mol. The Bertz CT molecular complexity index is 539. The van der Waals surface area contributed by atoms with Crippen molar-refractivity contribution < 1.29 is 4.79 Å². The summed E-state index contributed by atoms with van der Waals surface area (Å²) in [4.78, 5) is 22.6. The number of guanidine groups is 1. The maximum Gasteiger partial charge on any atom is 0.243 e. The van der Waals surface area contributed by atoms with Crippen LogP contribution in [0.4, 0.5) is 5.00 Å². The molecule has 1 aromatic rings. The normalized spacial score (nSPS) is 15.2. The summed E-state index contributed by atoms with van der Waals surface area (Å²) in [5.41, 5.74) is 0. The van der Waals surface area contributed by atoms with Gasteiger partial charge < -0.3 is 20.0 Å². The summed E-state index contributed by atoms with van der Waals surface area (Å²) in [5, 5.41) is 6.86. The molecule has 25 heavy (non-hydrogen) atoms. The van der Waals surface area contributed by atoms with Gasteiger partial charge in [0.2, 0.25) is 5.91 Å². The molecule has 0 bridgehead atoms. The van der Waals surface area contributed by atoms with Gasteiger partial charge >= 0.3 is 0 Å². The van der Waals surface area contributed by atoms with Crippen molar-refractivity contribution in [1.29, 1.82) is 0 Å². The molecule has 1 amide bonds. The molecule has 8 heteroatoms. The minimum atomic E-state index is 0. The Labute approximate surface area is 172 Å². The fraction of sp³-hybridized carbons (Fsp3) is 0.647. The maximum absolute atomic E-state index is 11.8. The zero-order chi connectivity index (χ0) is 17.5. The lowest BCUT2D eigenvalue weighted by Gasteiger charge is -2.37. The summed E-state index contributed by atoms with van der Waals surface area (Å²) < 4.78 is 0. The highest BCUT2D eigenvalue weighted by Gasteiger charge is 2.21. The van der Waals surface area contributed by atoms with Crippen LogP contribution in [-0.2, 0) is 4.79 Å². The van der Waals surface area contributed by atoms with Crippen molar-refractivity contribution >= 4 is 52.2 Å². The molecule has 0 aromatic carbocycles. The van der Waals surface area contributed by atoms with E-state index in [1.165, 1.54) is 5.00 Å². The molecule has 0 aliphatic carbocycles. The third-order valence-corrected chi connectivity index (χ3v) is 4.86. The lowest BCUT2D eigenvalue weighted by Crippen LogP contribution is -2.53. The van der Waals surface area contributed by atoms with Crippen molar-refractivity contribution in [2.75, 3.05) is 58.3 Å². The Morgan fingerprint density at radius 3 is 2.52 bits per heavy atom. The molecule has 1 saturated heterocycles. The van der Waals surface area contributed by atoms with E-state index in [1.54, 1.807) is 30.3 Å². The van der Waals surface area contributed by atoms with Gasteiger partial charge in [-0.15, -0.1) is 35.3 Å². The number of halogens is 1. The fourth-order valence-electron chi connectivity index (χ4n) is 2.44. The summed E-state index contributed by atoms with van der Waals surface area (Å²) >= 11 is 1.78. The number of carbonyl (C=O) groups excluding carboxylic acids is 1. The lowest BCUT2D eigenvalue weighted by molar-refractivity contribution is -0.127. The van der Waals surface area contributed by atoms with Gasteiger partial charge in [-0.25, -0.2) is 4.99 Å². The third kappa shape index (κ3) is 7.01. The number of hydrogen-bond donors (Lipinski definition) is 1. The highest BCUT2D eigenvalue weighted by atomic mass is 127. The zero-order valence-electron chi connectivity index (χ0n) is 15.6. The van der Waals surface area contributed by atoms with Gasteiger partial charge in [-0.2, -0.15) is 0 Å². The number of thiophene rings is 1. The lowest BCUT2D eigenvalue weighted by atomic mass is 10.2. The Morgan fingerprint density at radius 2 is 2.00 bits per heavy atom. The molecule has 0 atom stereocenters. The average molecular weight is 479 g/mol. The molecule has 2 rings (SSSR count). The van der Waals surface area contributed by atoms with Gasteiger partial charge in [0.25, 0.3) is 0 Å². The summed E-state index contributed by atoms with van der Waals surface area (Å²) in [7, 11) is 3.53. The molecule has 0 unspecified atom stereocenters. The van der Waals surface area contributed by atoms with Gasteiger partial charge in [-0.1, -0.05) is 13.8 Å². The SMILES string of the molecule is CC(C)CNC(=NCC(=O)N(C)C)N1CCN(c2cccs2)CC1.I. The van der Waals surface area contributed by atoms with Gasteiger partial charge in [0.05, 0.1) is 5.00 Å². The summed E-state index contributed by atoms with van der Waals surface area (Å²) in [5.74, 6) is 1.41. The van der Waals surface area contributed by atoms with Crippen LogP contribution in [0.15, 0.2) is 22.5 Å². The van der Waals surface area contributed by atoms with Crippen molar-refractivity contribution in [3.05, 3.63) is 17.5 Å². The van der Waals surface area contributed by atoms with E-state index in [0.29, 0.717) is 5.92 Å². The van der Waals surface area contributed by atoms with E-state index in [9.17, 15) is 4.79 Å². The number of nitrogens with one attached hydrogen (secondary N) is 1. The van der Waals surface area contributed by atoms with Crippen LogP contribution in [0.1, 0.15) is 13.8 Å². The van der Waals surface area contributed by atoms with Crippen LogP contribution in [0, 0.1) is 5.92 Å². The molecule has 1 aliphatic rings. The number of likely N-dealkylation sites (N-methyl/N-ethyl adjacent to an activating group) is 1. The van der Waals surface area contributed by atoms with E-state index >= 15 is 0 Å². The third-order valence-electron chi connectivity index (χ3n) is 3.93. The number of hydrogen-bond acceptors (Lipinski definition) is 4. The van der Waals surface area contributed by atoms with Crippen molar-refractivity contribution in [1.82, 2.24) is 15.1 Å². The van der Waals surface area contributed by atoms with Crippen molar-refractivity contribution in [3.63, 3.8) is 0 Å². The second-order valence-corrected chi connectivity index (χ2v) is 7.55. The second kappa shape index (κ2) is 10.8. The number of rotatable bonds is 5. The Morgan fingerprint density at radius 1 is 1.32 bits per heavy atom. The van der Waals surface area contributed by atoms with E-state index in [0.717, 1.165) is 38.7 Å². The molecule has 6 nitrogen and oxygen atoms in total. The van der Waals surface area contributed by atoms with Crippen molar-refractivity contribution in [2.45, 2.75) is 13.8 Å². The minimum Gasteiger partial charge on any atom is -0.360 e. The number of amides is 1. The first kappa shape index (κ1) is 22.0. The predicted octanol–water partition coefficient (Wildman–Crippen LogP) is 2.18. The monoisotopic (exact) mass is 479 g/mol. The molecule has 0 radical (unpaired) electrons. The second-order valence-electron chi connectivity index (χ2n) is 6.63. The van der Waals surface area contributed by atoms with Crippen LogP contribution in [0.3, 0.4) is 0 Å². The average Bonchev–Trinajstić information content (AvgIpc) is 3.09.